The molecule has 2 atom stereocenters. The second-order valence-corrected chi connectivity index (χ2v) is 8.54. The molecule has 2 heterocycles. The number of carbonyl (C=O) groups excluding carboxylic acids is 2. The van der Waals surface area contributed by atoms with Crippen LogP contribution in [0.2, 0.25) is 0 Å². The Morgan fingerprint density at radius 2 is 1.74 bits per heavy atom. The smallest absolute Gasteiger partial charge is 0.321 e. The molecule has 0 aromatic heterocycles. The molecule has 1 amide bonds. The maximum absolute atomic E-state index is 13.2. The van der Waals surface area contributed by atoms with Crippen LogP contribution in [0.4, 0.5) is 0 Å². The molecule has 0 aliphatic carbocycles. The molecule has 0 bridgehead atoms. The molecule has 5 rings (SSSR count). The van der Waals surface area contributed by atoms with E-state index >= 15 is 0 Å². The maximum atomic E-state index is 13.2. The lowest BCUT2D eigenvalue weighted by molar-refractivity contribution is -0.153. The zero-order valence-corrected chi connectivity index (χ0v) is 19.5. The van der Waals surface area contributed by atoms with Crippen molar-refractivity contribution in [2.75, 3.05) is 13.2 Å². The number of guanidine groups is 1. The fourth-order valence-electron chi connectivity index (χ4n) is 4.53. The van der Waals surface area contributed by atoms with E-state index in [0.29, 0.717) is 29.6 Å². The summed E-state index contributed by atoms with van der Waals surface area (Å²) >= 11 is 0. The molecule has 2 unspecified atom stereocenters. The standard InChI is InChI=1S/C28H27N3O4/c1-2-34-27(33)24-25(20-11-8-14-23(17-20)35-22-12-4-3-5-13-22)29-28(30-26(24)32)31-16-15-19-9-6-7-10-21(19)18-31/h3-14,17,24-25H,2,15-16,18H2,1H3,(H,29,30,32). The lowest BCUT2D eigenvalue weighted by Gasteiger charge is -2.36. The Bertz CT molecular complexity index is 1260. The summed E-state index contributed by atoms with van der Waals surface area (Å²) in [4.78, 5) is 33.0. The average molecular weight is 470 g/mol. The molecule has 2 aliphatic rings. The Kier molecular flexibility index (Phi) is 6.48. The number of amides is 1. The molecule has 35 heavy (non-hydrogen) atoms. The largest absolute Gasteiger partial charge is 0.465 e. The van der Waals surface area contributed by atoms with Gasteiger partial charge in [0.1, 0.15) is 17.5 Å². The van der Waals surface area contributed by atoms with Crippen molar-refractivity contribution in [3.8, 4) is 11.5 Å². The minimum atomic E-state index is -1.08. The van der Waals surface area contributed by atoms with Gasteiger partial charge >= 0.3 is 5.97 Å². The van der Waals surface area contributed by atoms with E-state index in [4.69, 9.17) is 14.5 Å². The Balaban J connectivity index is 1.48. The van der Waals surface area contributed by atoms with Gasteiger partial charge in [0, 0.05) is 13.1 Å². The molecular weight excluding hydrogens is 442 g/mol. The lowest BCUT2D eigenvalue weighted by atomic mass is 9.91. The van der Waals surface area contributed by atoms with E-state index in [-0.39, 0.29) is 6.61 Å². The third-order valence-corrected chi connectivity index (χ3v) is 6.24. The second kappa shape index (κ2) is 10.0. The summed E-state index contributed by atoms with van der Waals surface area (Å²) in [6, 6.07) is 24.4. The van der Waals surface area contributed by atoms with Gasteiger partial charge in [-0.15, -0.1) is 0 Å². The van der Waals surface area contributed by atoms with Gasteiger partial charge in [0.25, 0.3) is 0 Å². The quantitative estimate of drug-likeness (QED) is 0.447. The summed E-state index contributed by atoms with van der Waals surface area (Å²) in [5.74, 6) is -0.301. The number of rotatable bonds is 5. The van der Waals surface area contributed by atoms with Gasteiger partial charge in [-0.3, -0.25) is 14.9 Å². The number of fused-ring (bicyclic) bond motifs is 1. The highest BCUT2D eigenvalue weighted by Gasteiger charge is 2.42. The van der Waals surface area contributed by atoms with Crippen LogP contribution in [0.25, 0.3) is 0 Å². The van der Waals surface area contributed by atoms with Crippen molar-refractivity contribution in [2.24, 2.45) is 10.9 Å². The zero-order valence-electron chi connectivity index (χ0n) is 19.5. The number of aliphatic imine (C=N–C) groups is 1. The van der Waals surface area contributed by atoms with E-state index in [9.17, 15) is 9.59 Å². The number of carbonyl (C=O) groups is 2. The van der Waals surface area contributed by atoms with E-state index < -0.39 is 23.8 Å². The predicted molar refractivity (Wildman–Crippen MR) is 132 cm³/mol. The highest BCUT2D eigenvalue weighted by atomic mass is 16.5. The van der Waals surface area contributed by atoms with Crippen LogP contribution in [-0.2, 0) is 27.3 Å². The molecule has 3 aromatic rings. The number of esters is 1. The highest BCUT2D eigenvalue weighted by Crippen LogP contribution is 2.34. The molecule has 2 aliphatic heterocycles. The van der Waals surface area contributed by atoms with Crippen LogP contribution in [0.1, 0.15) is 29.7 Å². The van der Waals surface area contributed by atoms with Gasteiger partial charge < -0.3 is 14.4 Å². The van der Waals surface area contributed by atoms with Crippen molar-refractivity contribution >= 4 is 17.8 Å². The third-order valence-electron chi connectivity index (χ3n) is 6.24. The number of nitrogens with zero attached hydrogens (tertiary/aromatic N) is 2. The van der Waals surface area contributed by atoms with Gasteiger partial charge in [-0.2, -0.15) is 0 Å². The molecule has 0 saturated heterocycles. The summed E-state index contributed by atoms with van der Waals surface area (Å²) in [6.45, 7) is 3.28. The average Bonchev–Trinajstić information content (AvgIpc) is 2.89. The van der Waals surface area contributed by atoms with Gasteiger partial charge in [0.05, 0.1) is 6.61 Å². The summed E-state index contributed by atoms with van der Waals surface area (Å²) in [7, 11) is 0. The Hall–Kier alpha value is -4.13. The molecule has 7 nitrogen and oxygen atoms in total. The lowest BCUT2D eigenvalue weighted by Crippen LogP contribution is -2.53. The molecular formula is C28H27N3O4. The van der Waals surface area contributed by atoms with Gasteiger partial charge in [0.2, 0.25) is 11.9 Å². The number of hydrogen-bond donors (Lipinski definition) is 1. The van der Waals surface area contributed by atoms with E-state index in [1.54, 1.807) is 6.92 Å². The van der Waals surface area contributed by atoms with Gasteiger partial charge in [-0.1, -0.05) is 54.6 Å². The van der Waals surface area contributed by atoms with Crippen molar-refractivity contribution in [2.45, 2.75) is 25.9 Å². The number of benzene rings is 3. The van der Waals surface area contributed by atoms with Crippen molar-refractivity contribution in [1.29, 1.82) is 0 Å². The van der Waals surface area contributed by atoms with Crippen LogP contribution < -0.4 is 10.1 Å². The normalized spacial score (nSPS) is 19.3. The number of nitrogens with one attached hydrogen (secondary N) is 1. The fourth-order valence-corrected chi connectivity index (χ4v) is 4.53. The molecule has 7 heteroatoms. The van der Waals surface area contributed by atoms with Crippen molar-refractivity contribution in [3.63, 3.8) is 0 Å². The summed E-state index contributed by atoms with van der Waals surface area (Å²) in [5.41, 5.74) is 3.22. The Labute approximate surface area is 204 Å². The van der Waals surface area contributed by atoms with Crippen LogP contribution in [0.15, 0.2) is 83.9 Å². The summed E-state index contributed by atoms with van der Waals surface area (Å²) in [5, 5.41) is 2.87. The van der Waals surface area contributed by atoms with E-state index in [1.165, 1.54) is 11.1 Å². The molecule has 1 N–H and O–H groups in total. The number of hydrogen-bond acceptors (Lipinski definition) is 6. The van der Waals surface area contributed by atoms with Crippen LogP contribution in [-0.4, -0.2) is 35.9 Å². The molecule has 3 aromatic carbocycles. The zero-order chi connectivity index (χ0) is 24.2. The van der Waals surface area contributed by atoms with Crippen molar-refractivity contribution in [1.82, 2.24) is 10.2 Å². The summed E-state index contributed by atoms with van der Waals surface area (Å²) in [6.07, 6.45) is 0.859. The molecule has 0 fully saturated rings. The van der Waals surface area contributed by atoms with E-state index in [0.717, 1.165) is 13.0 Å². The topological polar surface area (TPSA) is 80.2 Å². The first-order chi connectivity index (χ1) is 17.1. The molecule has 0 saturated carbocycles. The van der Waals surface area contributed by atoms with Crippen molar-refractivity contribution < 1.29 is 19.1 Å². The minimum absolute atomic E-state index is 0.186. The predicted octanol–water partition coefficient (Wildman–Crippen LogP) is 4.24. The maximum Gasteiger partial charge on any atom is 0.321 e. The Morgan fingerprint density at radius 1 is 1.00 bits per heavy atom. The molecule has 178 valence electrons. The first kappa shape index (κ1) is 22.7. The van der Waals surface area contributed by atoms with Gasteiger partial charge in [0.15, 0.2) is 5.92 Å². The van der Waals surface area contributed by atoms with Crippen LogP contribution in [0.3, 0.4) is 0 Å². The fraction of sp³-hybridized carbons (Fsp3) is 0.250. The van der Waals surface area contributed by atoms with E-state index in [1.807, 2.05) is 66.7 Å². The van der Waals surface area contributed by atoms with Crippen LogP contribution in [0, 0.1) is 5.92 Å². The minimum Gasteiger partial charge on any atom is -0.465 e. The van der Waals surface area contributed by atoms with Gasteiger partial charge in [-0.05, 0) is 54.3 Å². The van der Waals surface area contributed by atoms with Crippen LogP contribution in [0.5, 0.6) is 11.5 Å². The van der Waals surface area contributed by atoms with E-state index in [2.05, 4.69) is 22.3 Å². The summed E-state index contributed by atoms with van der Waals surface area (Å²) < 4.78 is 11.2. The van der Waals surface area contributed by atoms with Crippen LogP contribution >= 0.6 is 0 Å². The Morgan fingerprint density at radius 3 is 2.54 bits per heavy atom. The highest BCUT2D eigenvalue weighted by molar-refractivity contribution is 6.08. The molecule has 0 spiro atoms. The monoisotopic (exact) mass is 469 g/mol. The number of ether oxygens (including phenoxy) is 2. The first-order valence-electron chi connectivity index (χ1n) is 11.8. The first-order valence-corrected chi connectivity index (χ1v) is 11.8. The SMILES string of the molecule is CCOC(=O)C1C(=O)NC(N2CCc3ccccc3C2)=NC1c1cccc(Oc2ccccc2)c1. The third kappa shape index (κ3) is 4.89. The second-order valence-electron chi connectivity index (χ2n) is 8.54. The van der Waals surface area contributed by atoms with Crippen molar-refractivity contribution in [3.05, 3.63) is 95.6 Å². The van der Waals surface area contributed by atoms with Gasteiger partial charge in [-0.25, -0.2) is 4.99 Å². The number of para-hydroxylation sites is 1. The molecule has 0 radical (unpaired) electrons.